The number of rotatable bonds is 6. The number of nitro benzene ring substituents is 1. The average Bonchev–Trinajstić information content (AvgIpc) is 3.07. The van der Waals surface area contributed by atoms with E-state index >= 15 is 0 Å². The molecule has 0 bridgehead atoms. The normalized spacial score (nSPS) is 16.1. The fraction of sp³-hybridized carbons (Fsp3) is 0.571. The number of hydrogen-bond donors (Lipinski definition) is 1. The fourth-order valence-electron chi connectivity index (χ4n) is 2.29. The molecular formula is C14H21N3O2. The Kier molecular flexibility index (Phi) is 3.64. The van der Waals surface area contributed by atoms with E-state index < -0.39 is 4.92 Å². The lowest BCUT2D eigenvalue weighted by atomic mass is 10.1. The van der Waals surface area contributed by atoms with Crippen LogP contribution in [0.5, 0.6) is 0 Å². The highest BCUT2D eigenvalue weighted by atomic mass is 16.6. The molecule has 1 saturated carbocycles. The SMILES string of the molecule is CCCN(CC1(C)CC1)c1ccc(N)c([N+](=O)[O-])c1. The Balaban J connectivity index is 2.25. The molecule has 0 radical (unpaired) electrons. The highest BCUT2D eigenvalue weighted by Gasteiger charge is 2.38. The lowest BCUT2D eigenvalue weighted by molar-refractivity contribution is -0.383. The minimum atomic E-state index is -0.415. The fourth-order valence-corrected chi connectivity index (χ4v) is 2.29. The van der Waals surface area contributed by atoms with Crippen molar-refractivity contribution in [3.8, 4) is 0 Å². The van der Waals surface area contributed by atoms with Crippen molar-refractivity contribution in [1.82, 2.24) is 0 Å². The number of nitrogen functional groups attached to an aromatic ring is 1. The van der Waals surface area contributed by atoms with Crippen LogP contribution < -0.4 is 10.6 Å². The average molecular weight is 263 g/mol. The van der Waals surface area contributed by atoms with Crippen LogP contribution in [0.4, 0.5) is 17.1 Å². The molecule has 0 aliphatic heterocycles. The van der Waals surface area contributed by atoms with Crippen LogP contribution in [-0.4, -0.2) is 18.0 Å². The van der Waals surface area contributed by atoms with Crippen LogP contribution in [0.25, 0.3) is 0 Å². The molecule has 0 amide bonds. The third-order valence-electron chi connectivity index (χ3n) is 3.75. The van der Waals surface area contributed by atoms with E-state index in [9.17, 15) is 10.1 Å². The Hall–Kier alpha value is -1.78. The van der Waals surface area contributed by atoms with Gasteiger partial charge in [0.15, 0.2) is 0 Å². The Labute approximate surface area is 113 Å². The molecule has 0 saturated heterocycles. The minimum Gasteiger partial charge on any atom is -0.393 e. The summed E-state index contributed by atoms with van der Waals surface area (Å²) in [6.07, 6.45) is 3.50. The Morgan fingerprint density at radius 2 is 2.16 bits per heavy atom. The van der Waals surface area contributed by atoms with Gasteiger partial charge in [0.2, 0.25) is 0 Å². The van der Waals surface area contributed by atoms with E-state index in [-0.39, 0.29) is 11.4 Å². The second-order valence-electron chi connectivity index (χ2n) is 5.73. The molecule has 0 heterocycles. The molecule has 1 aliphatic rings. The lowest BCUT2D eigenvalue weighted by Crippen LogP contribution is -2.30. The zero-order valence-electron chi connectivity index (χ0n) is 11.6. The first-order valence-corrected chi connectivity index (χ1v) is 6.74. The molecule has 5 heteroatoms. The highest BCUT2D eigenvalue weighted by molar-refractivity contribution is 5.66. The van der Waals surface area contributed by atoms with Gasteiger partial charge in [0.1, 0.15) is 5.69 Å². The van der Waals surface area contributed by atoms with E-state index in [2.05, 4.69) is 18.7 Å². The van der Waals surface area contributed by atoms with Gasteiger partial charge in [-0.3, -0.25) is 10.1 Å². The van der Waals surface area contributed by atoms with Gasteiger partial charge in [-0.2, -0.15) is 0 Å². The van der Waals surface area contributed by atoms with Crippen LogP contribution in [0.15, 0.2) is 18.2 Å². The first-order valence-electron chi connectivity index (χ1n) is 6.74. The van der Waals surface area contributed by atoms with Crippen molar-refractivity contribution < 1.29 is 4.92 Å². The van der Waals surface area contributed by atoms with Gasteiger partial charge in [0, 0.05) is 24.8 Å². The van der Waals surface area contributed by atoms with Gasteiger partial charge in [-0.1, -0.05) is 13.8 Å². The smallest absolute Gasteiger partial charge is 0.294 e. The van der Waals surface area contributed by atoms with E-state index in [0.717, 1.165) is 25.2 Å². The van der Waals surface area contributed by atoms with Gasteiger partial charge < -0.3 is 10.6 Å². The molecule has 1 fully saturated rings. The first-order chi connectivity index (χ1) is 8.95. The predicted molar refractivity (Wildman–Crippen MR) is 77.4 cm³/mol. The molecule has 0 atom stereocenters. The van der Waals surface area contributed by atoms with Crippen LogP contribution in [0.3, 0.4) is 0 Å². The maximum Gasteiger partial charge on any atom is 0.294 e. The Bertz CT molecular complexity index is 484. The van der Waals surface area contributed by atoms with Crippen LogP contribution in [0.2, 0.25) is 0 Å². The van der Waals surface area contributed by atoms with Gasteiger partial charge in [-0.25, -0.2) is 0 Å². The number of nitro groups is 1. The van der Waals surface area contributed by atoms with E-state index in [0.29, 0.717) is 5.41 Å². The van der Waals surface area contributed by atoms with Crippen LogP contribution in [0.1, 0.15) is 33.1 Å². The monoisotopic (exact) mass is 263 g/mol. The Morgan fingerprint density at radius 1 is 1.47 bits per heavy atom. The molecule has 1 aromatic rings. The quantitative estimate of drug-likeness (QED) is 0.486. The molecular weight excluding hydrogens is 242 g/mol. The highest BCUT2D eigenvalue weighted by Crippen LogP contribution is 2.46. The topological polar surface area (TPSA) is 72.4 Å². The number of nitrogens with zero attached hydrogens (tertiary/aromatic N) is 2. The van der Waals surface area contributed by atoms with Crippen molar-refractivity contribution in [2.75, 3.05) is 23.7 Å². The van der Waals surface area contributed by atoms with Crippen molar-refractivity contribution in [2.24, 2.45) is 5.41 Å². The summed E-state index contributed by atoms with van der Waals surface area (Å²) in [5, 5.41) is 11.0. The van der Waals surface area contributed by atoms with Crippen molar-refractivity contribution in [3.63, 3.8) is 0 Å². The molecule has 1 aromatic carbocycles. The maximum absolute atomic E-state index is 11.0. The summed E-state index contributed by atoms with van der Waals surface area (Å²) in [6.45, 7) is 6.26. The second kappa shape index (κ2) is 5.07. The standard InChI is InChI=1S/C14H21N3O2/c1-3-8-16(10-14(2)6-7-14)11-4-5-12(15)13(9-11)17(18)19/h4-5,9H,3,6-8,10,15H2,1-2H3. The van der Waals surface area contributed by atoms with E-state index in [1.165, 1.54) is 12.8 Å². The van der Waals surface area contributed by atoms with E-state index in [1.54, 1.807) is 12.1 Å². The summed E-state index contributed by atoms with van der Waals surface area (Å²) in [4.78, 5) is 12.8. The molecule has 0 aromatic heterocycles. The maximum atomic E-state index is 11.0. The van der Waals surface area contributed by atoms with Crippen molar-refractivity contribution in [1.29, 1.82) is 0 Å². The molecule has 5 nitrogen and oxygen atoms in total. The molecule has 2 N–H and O–H groups in total. The van der Waals surface area contributed by atoms with Crippen LogP contribution in [0, 0.1) is 15.5 Å². The van der Waals surface area contributed by atoms with Gasteiger partial charge in [0.05, 0.1) is 4.92 Å². The van der Waals surface area contributed by atoms with Gasteiger partial charge in [-0.15, -0.1) is 0 Å². The van der Waals surface area contributed by atoms with E-state index in [4.69, 9.17) is 5.73 Å². The zero-order valence-corrected chi connectivity index (χ0v) is 11.6. The van der Waals surface area contributed by atoms with Crippen LogP contribution >= 0.6 is 0 Å². The van der Waals surface area contributed by atoms with Gasteiger partial charge in [0.25, 0.3) is 5.69 Å². The van der Waals surface area contributed by atoms with Crippen molar-refractivity contribution in [2.45, 2.75) is 33.1 Å². The summed E-state index contributed by atoms with van der Waals surface area (Å²) in [5.41, 5.74) is 7.15. The number of anilines is 2. The summed E-state index contributed by atoms with van der Waals surface area (Å²) < 4.78 is 0. The largest absolute Gasteiger partial charge is 0.393 e. The molecule has 104 valence electrons. The van der Waals surface area contributed by atoms with Gasteiger partial charge in [-0.05, 0) is 36.8 Å². The van der Waals surface area contributed by atoms with Crippen LogP contribution in [-0.2, 0) is 0 Å². The minimum absolute atomic E-state index is 0.000414. The summed E-state index contributed by atoms with van der Waals surface area (Å²) in [5.74, 6) is 0. The molecule has 1 aliphatic carbocycles. The molecule has 19 heavy (non-hydrogen) atoms. The summed E-state index contributed by atoms with van der Waals surface area (Å²) >= 11 is 0. The number of benzene rings is 1. The zero-order chi connectivity index (χ0) is 14.0. The lowest BCUT2D eigenvalue weighted by Gasteiger charge is -2.27. The van der Waals surface area contributed by atoms with Gasteiger partial charge >= 0.3 is 0 Å². The van der Waals surface area contributed by atoms with E-state index in [1.807, 2.05) is 6.07 Å². The van der Waals surface area contributed by atoms with Crippen molar-refractivity contribution >= 4 is 17.1 Å². The first kappa shape index (κ1) is 13.6. The second-order valence-corrected chi connectivity index (χ2v) is 5.73. The van der Waals surface area contributed by atoms with Crippen molar-refractivity contribution in [3.05, 3.63) is 28.3 Å². The summed E-state index contributed by atoms with van der Waals surface area (Å²) in [7, 11) is 0. The number of nitrogens with two attached hydrogens (primary N) is 1. The number of hydrogen-bond acceptors (Lipinski definition) is 4. The predicted octanol–water partition coefficient (Wildman–Crippen LogP) is 3.19. The molecule has 2 rings (SSSR count). The molecule has 0 spiro atoms. The Morgan fingerprint density at radius 3 is 2.68 bits per heavy atom. The third kappa shape index (κ3) is 3.16. The third-order valence-corrected chi connectivity index (χ3v) is 3.75. The molecule has 0 unspecified atom stereocenters. The summed E-state index contributed by atoms with van der Waals surface area (Å²) in [6, 6.07) is 5.10.